The molecule has 0 aliphatic heterocycles. The van der Waals surface area contributed by atoms with E-state index in [2.05, 4.69) is 5.32 Å². The van der Waals surface area contributed by atoms with Gasteiger partial charge < -0.3 is 10.4 Å². The first-order chi connectivity index (χ1) is 10.0. The summed E-state index contributed by atoms with van der Waals surface area (Å²) in [5.41, 5.74) is 0.625. The van der Waals surface area contributed by atoms with E-state index in [-0.39, 0.29) is 5.91 Å². The third kappa shape index (κ3) is 3.53. The maximum Gasteiger partial charge on any atom is 0.307 e. The summed E-state index contributed by atoms with van der Waals surface area (Å²) in [7, 11) is 0. The molecule has 0 radical (unpaired) electrons. The minimum Gasteiger partial charge on any atom is -0.481 e. The molecule has 1 saturated carbocycles. The molecule has 21 heavy (non-hydrogen) atoms. The lowest BCUT2D eigenvalue weighted by atomic mass is 9.78. The molecule has 110 valence electrons. The van der Waals surface area contributed by atoms with Crippen LogP contribution in [0.2, 0.25) is 5.02 Å². The van der Waals surface area contributed by atoms with Crippen LogP contribution in [0.25, 0.3) is 0 Å². The maximum atomic E-state index is 12.3. The van der Waals surface area contributed by atoms with Gasteiger partial charge in [0.2, 0.25) is 5.91 Å². The summed E-state index contributed by atoms with van der Waals surface area (Å²) in [4.78, 5) is 23.6. The van der Waals surface area contributed by atoms with Gasteiger partial charge in [0, 0.05) is 5.02 Å². The van der Waals surface area contributed by atoms with Gasteiger partial charge in [-0.1, -0.05) is 24.4 Å². The van der Waals surface area contributed by atoms with E-state index < -0.39 is 17.8 Å². The maximum absolute atomic E-state index is 12.3. The van der Waals surface area contributed by atoms with Gasteiger partial charge in [-0.25, -0.2) is 0 Å². The molecule has 0 bridgehead atoms. The minimum atomic E-state index is -0.943. The van der Waals surface area contributed by atoms with Gasteiger partial charge in [0.1, 0.15) is 6.07 Å². The van der Waals surface area contributed by atoms with Crippen molar-refractivity contribution in [2.45, 2.75) is 25.7 Å². The second kappa shape index (κ2) is 6.59. The van der Waals surface area contributed by atoms with E-state index in [0.29, 0.717) is 29.1 Å². The first kappa shape index (κ1) is 15.3. The third-order valence-corrected chi connectivity index (χ3v) is 4.01. The molecule has 1 aromatic rings. The van der Waals surface area contributed by atoms with Crippen molar-refractivity contribution in [1.29, 1.82) is 5.26 Å². The van der Waals surface area contributed by atoms with E-state index in [4.69, 9.17) is 16.9 Å². The highest BCUT2D eigenvalue weighted by atomic mass is 35.5. The molecule has 1 aliphatic rings. The molecular formula is C15H15ClN2O3. The topological polar surface area (TPSA) is 90.2 Å². The van der Waals surface area contributed by atoms with Gasteiger partial charge in [-0.15, -0.1) is 0 Å². The molecule has 0 spiro atoms. The van der Waals surface area contributed by atoms with Gasteiger partial charge in [-0.05, 0) is 31.0 Å². The molecule has 1 amide bonds. The van der Waals surface area contributed by atoms with Gasteiger partial charge >= 0.3 is 5.97 Å². The fourth-order valence-electron chi connectivity index (χ4n) is 2.68. The number of nitriles is 1. The Bertz CT molecular complexity index is 609. The van der Waals surface area contributed by atoms with Crippen molar-refractivity contribution in [2.24, 2.45) is 11.8 Å². The zero-order valence-electron chi connectivity index (χ0n) is 11.3. The van der Waals surface area contributed by atoms with Crippen LogP contribution < -0.4 is 5.32 Å². The predicted octanol–water partition coefficient (Wildman–Crippen LogP) is 3.04. The summed E-state index contributed by atoms with van der Waals surface area (Å²) in [5, 5.41) is 21.3. The van der Waals surface area contributed by atoms with Gasteiger partial charge in [0.15, 0.2) is 0 Å². The molecule has 2 rings (SSSR count). The molecule has 2 N–H and O–H groups in total. The van der Waals surface area contributed by atoms with Crippen molar-refractivity contribution in [1.82, 2.24) is 0 Å². The number of nitrogens with one attached hydrogen (secondary N) is 1. The van der Waals surface area contributed by atoms with Crippen molar-refractivity contribution in [2.75, 3.05) is 5.32 Å². The lowest BCUT2D eigenvalue weighted by molar-refractivity contribution is -0.147. The van der Waals surface area contributed by atoms with Crippen LogP contribution in [0.3, 0.4) is 0 Å². The van der Waals surface area contributed by atoms with Crippen LogP contribution in [0, 0.1) is 23.2 Å². The lowest BCUT2D eigenvalue weighted by Gasteiger charge is -2.27. The summed E-state index contributed by atoms with van der Waals surface area (Å²) in [5.74, 6) is -2.53. The van der Waals surface area contributed by atoms with Gasteiger partial charge in [-0.3, -0.25) is 9.59 Å². The van der Waals surface area contributed by atoms with Gasteiger partial charge in [-0.2, -0.15) is 5.26 Å². The van der Waals surface area contributed by atoms with Crippen molar-refractivity contribution >= 4 is 29.2 Å². The van der Waals surface area contributed by atoms with Crippen LogP contribution in [0.1, 0.15) is 31.2 Å². The zero-order valence-corrected chi connectivity index (χ0v) is 12.1. The molecule has 0 saturated heterocycles. The molecule has 0 aromatic heterocycles. The smallest absolute Gasteiger partial charge is 0.307 e. The highest BCUT2D eigenvalue weighted by molar-refractivity contribution is 6.31. The number of carbonyl (C=O) groups is 2. The highest BCUT2D eigenvalue weighted by Crippen LogP contribution is 2.32. The predicted molar refractivity (Wildman–Crippen MR) is 77.9 cm³/mol. The number of aliphatic carboxylic acids is 1. The summed E-state index contributed by atoms with van der Waals surface area (Å²) < 4.78 is 0. The number of carboxylic acids is 1. The quantitative estimate of drug-likeness (QED) is 0.898. The van der Waals surface area contributed by atoms with Crippen LogP contribution >= 0.6 is 11.6 Å². The van der Waals surface area contributed by atoms with Crippen molar-refractivity contribution in [3.8, 4) is 6.07 Å². The molecule has 0 heterocycles. The largest absolute Gasteiger partial charge is 0.481 e. The third-order valence-electron chi connectivity index (χ3n) is 3.78. The average molecular weight is 307 g/mol. The Kier molecular flexibility index (Phi) is 4.81. The number of benzene rings is 1. The fourth-order valence-corrected chi connectivity index (χ4v) is 2.86. The van der Waals surface area contributed by atoms with Crippen molar-refractivity contribution < 1.29 is 14.7 Å². The number of amides is 1. The van der Waals surface area contributed by atoms with E-state index in [1.807, 2.05) is 6.07 Å². The van der Waals surface area contributed by atoms with E-state index >= 15 is 0 Å². The Labute approximate surface area is 127 Å². The molecular weight excluding hydrogens is 292 g/mol. The number of hydrogen-bond donors (Lipinski definition) is 2. The Morgan fingerprint density at radius 1 is 1.29 bits per heavy atom. The fraction of sp³-hybridized carbons (Fsp3) is 0.400. The molecule has 2 atom stereocenters. The monoisotopic (exact) mass is 306 g/mol. The van der Waals surface area contributed by atoms with E-state index in [1.165, 1.54) is 12.1 Å². The Hall–Kier alpha value is -2.06. The SMILES string of the molecule is N#Cc1ccc(Cl)cc1NC(=O)C1CCCCC1C(=O)O. The lowest BCUT2D eigenvalue weighted by Crippen LogP contribution is -2.36. The van der Waals surface area contributed by atoms with Gasteiger partial charge in [0.05, 0.1) is 23.1 Å². The number of halogens is 1. The average Bonchev–Trinajstić information content (AvgIpc) is 2.47. The molecule has 2 unspecified atom stereocenters. The summed E-state index contributed by atoms with van der Waals surface area (Å²) >= 11 is 5.87. The molecule has 5 nitrogen and oxygen atoms in total. The number of carbonyl (C=O) groups excluding carboxylic acids is 1. The second-order valence-corrected chi connectivity index (χ2v) is 5.56. The van der Waals surface area contributed by atoms with E-state index in [1.54, 1.807) is 6.07 Å². The number of rotatable bonds is 3. The number of anilines is 1. The normalized spacial score (nSPS) is 21.3. The molecule has 6 heteroatoms. The summed E-state index contributed by atoms with van der Waals surface area (Å²) in [6.07, 6.45) is 2.71. The zero-order chi connectivity index (χ0) is 15.4. The van der Waals surface area contributed by atoms with Crippen LogP contribution in [-0.4, -0.2) is 17.0 Å². The molecule has 1 fully saturated rings. The van der Waals surface area contributed by atoms with Crippen molar-refractivity contribution in [3.05, 3.63) is 28.8 Å². The molecule has 1 aliphatic carbocycles. The minimum absolute atomic E-state index is 0.301. The summed E-state index contributed by atoms with van der Waals surface area (Å²) in [6, 6.07) is 6.56. The van der Waals surface area contributed by atoms with Gasteiger partial charge in [0.25, 0.3) is 0 Å². The Morgan fingerprint density at radius 2 is 1.95 bits per heavy atom. The Morgan fingerprint density at radius 3 is 2.57 bits per heavy atom. The van der Waals surface area contributed by atoms with E-state index in [0.717, 1.165) is 12.8 Å². The first-order valence-corrected chi connectivity index (χ1v) is 7.14. The first-order valence-electron chi connectivity index (χ1n) is 6.76. The van der Waals surface area contributed by atoms with E-state index in [9.17, 15) is 14.7 Å². The Balaban J connectivity index is 2.19. The highest BCUT2D eigenvalue weighted by Gasteiger charge is 2.35. The van der Waals surface area contributed by atoms with Crippen LogP contribution in [-0.2, 0) is 9.59 Å². The number of hydrogen-bond acceptors (Lipinski definition) is 3. The summed E-state index contributed by atoms with van der Waals surface area (Å²) in [6.45, 7) is 0. The van der Waals surface area contributed by atoms with Crippen LogP contribution in [0.5, 0.6) is 0 Å². The number of carboxylic acid groups (broad SMARTS) is 1. The van der Waals surface area contributed by atoms with Crippen molar-refractivity contribution in [3.63, 3.8) is 0 Å². The number of nitrogens with zero attached hydrogens (tertiary/aromatic N) is 1. The second-order valence-electron chi connectivity index (χ2n) is 5.13. The standard InChI is InChI=1S/C15H15ClN2O3/c16-10-6-5-9(8-17)13(7-10)18-14(19)11-3-1-2-4-12(11)15(20)21/h5-7,11-12H,1-4H2,(H,18,19)(H,20,21). The molecule has 1 aromatic carbocycles. The van der Waals surface area contributed by atoms with Crippen LogP contribution in [0.4, 0.5) is 5.69 Å². The van der Waals surface area contributed by atoms with Crippen LogP contribution in [0.15, 0.2) is 18.2 Å².